The summed E-state index contributed by atoms with van der Waals surface area (Å²) in [7, 11) is 1.95. The summed E-state index contributed by atoms with van der Waals surface area (Å²) in [4.78, 5) is 14.6. The minimum atomic E-state index is -0.220. The van der Waals surface area contributed by atoms with Gasteiger partial charge in [0, 0.05) is 23.2 Å². The van der Waals surface area contributed by atoms with Crippen LogP contribution in [0, 0.1) is 0 Å². The number of thiophene rings is 2. The van der Waals surface area contributed by atoms with E-state index in [1.54, 1.807) is 22.7 Å². The van der Waals surface area contributed by atoms with Crippen molar-refractivity contribution in [1.82, 2.24) is 20.1 Å². The molecule has 1 atom stereocenters. The zero-order chi connectivity index (χ0) is 16.9. The Balaban J connectivity index is 1.56. The van der Waals surface area contributed by atoms with Crippen molar-refractivity contribution in [1.29, 1.82) is 0 Å². The zero-order valence-corrected chi connectivity index (χ0v) is 15.9. The maximum Gasteiger partial charge on any atom is 0.233 e. The molecule has 3 heterocycles. The predicted octanol–water partition coefficient (Wildman–Crippen LogP) is 3.33. The van der Waals surface area contributed by atoms with Gasteiger partial charge in [0.2, 0.25) is 5.91 Å². The number of aromatic nitrogens is 3. The smallest absolute Gasteiger partial charge is 0.233 e. The minimum Gasteiger partial charge on any atom is -0.350 e. The van der Waals surface area contributed by atoms with Gasteiger partial charge in [-0.1, -0.05) is 23.9 Å². The average Bonchev–Trinajstić information content (AvgIpc) is 3.32. The van der Waals surface area contributed by atoms with Gasteiger partial charge in [-0.3, -0.25) is 4.79 Å². The normalized spacial score (nSPS) is 12.2. The molecule has 0 aromatic carbocycles. The number of hydrogen-bond donors (Lipinski definition) is 1. The fourth-order valence-electron chi connectivity index (χ4n) is 2.11. The second-order valence-corrected chi connectivity index (χ2v) is 8.64. The van der Waals surface area contributed by atoms with Crippen LogP contribution in [0.2, 0.25) is 0 Å². The van der Waals surface area contributed by atoms with Gasteiger partial charge in [0.25, 0.3) is 0 Å². The number of rotatable bonds is 7. The van der Waals surface area contributed by atoms with Crippen molar-refractivity contribution in [2.24, 2.45) is 7.05 Å². The van der Waals surface area contributed by atoms with E-state index in [-0.39, 0.29) is 11.2 Å². The molecule has 24 heavy (non-hydrogen) atoms. The Morgan fingerprint density at radius 3 is 2.62 bits per heavy atom. The first-order valence-corrected chi connectivity index (χ1v) is 10.1. The average molecular weight is 379 g/mol. The lowest BCUT2D eigenvalue weighted by Crippen LogP contribution is -2.30. The largest absolute Gasteiger partial charge is 0.350 e. The van der Waals surface area contributed by atoms with Gasteiger partial charge < -0.3 is 9.88 Å². The molecule has 3 aromatic rings. The van der Waals surface area contributed by atoms with Gasteiger partial charge >= 0.3 is 0 Å². The Bertz CT molecular complexity index is 780. The minimum absolute atomic E-state index is 0.0104. The third kappa shape index (κ3) is 4.25. The molecule has 3 rings (SSSR count). The monoisotopic (exact) mass is 378 g/mol. The van der Waals surface area contributed by atoms with Gasteiger partial charge in [-0.2, -0.15) is 0 Å². The van der Waals surface area contributed by atoms with E-state index >= 15 is 0 Å². The summed E-state index contributed by atoms with van der Waals surface area (Å²) in [6, 6.07) is 8.13. The first kappa shape index (κ1) is 17.2. The maximum atomic E-state index is 12.2. The van der Waals surface area contributed by atoms with E-state index in [0.717, 1.165) is 22.3 Å². The summed E-state index contributed by atoms with van der Waals surface area (Å²) in [5.74, 6) is 0.919. The van der Waals surface area contributed by atoms with E-state index in [0.29, 0.717) is 6.54 Å². The standard InChI is InChI=1S/C16H18N4OS3/c1-11(15(21)17-10-13-6-4-8-23-13)24-16-19-18-14(20(16)2)9-12-5-3-7-22-12/h3-8,11H,9-10H2,1-2H3,(H,17,21). The van der Waals surface area contributed by atoms with Crippen LogP contribution in [0.25, 0.3) is 0 Å². The summed E-state index contributed by atoms with van der Waals surface area (Å²) in [6.07, 6.45) is 0.765. The molecule has 126 valence electrons. The lowest BCUT2D eigenvalue weighted by atomic mass is 10.3. The highest BCUT2D eigenvalue weighted by molar-refractivity contribution is 8.00. The van der Waals surface area contributed by atoms with Gasteiger partial charge in [-0.25, -0.2) is 0 Å². The molecule has 3 aromatic heterocycles. The summed E-state index contributed by atoms with van der Waals surface area (Å²) < 4.78 is 1.97. The van der Waals surface area contributed by atoms with Crippen LogP contribution >= 0.6 is 34.4 Å². The van der Waals surface area contributed by atoms with Crippen molar-refractivity contribution in [3.63, 3.8) is 0 Å². The highest BCUT2D eigenvalue weighted by atomic mass is 32.2. The summed E-state index contributed by atoms with van der Waals surface area (Å²) in [6.45, 7) is 2.46. The molecular weight excluding hydrogens is 360 g/mol. The molecule has 8 heteroatoms. The molecule has 0 aliphatic carbocycles. The molecule has 0 bridgehead atoms. The van der Waals surface area contributed by atoms with Crippen molar-refractivity contribution in [2.45, 2.75) is 30.3 Å². The number of thioether (sulfide) groups is 1. The maximum absolute atomic E-state index is 12.2. The first-order chi connectivity index (χ1) is 11.6. The molecule has 0 saturated carbocycles. The van der Waals surface area contributed by atoms with E-state index in [9.17, 15) is 4.79 Å². The zero-order valence-electron chi connectivity index (χ0n) is 13.4. The lowest BCUT2D eigenvalue weighted by molar-refractivity contribution is -0.120. The Hall–Kier alpha value is -1.64. The molecule has 1 N–H and O–H groups in total. The number of amides is 1. The van der Waals surface area contributed by atoms with Gasteiger partial charge in [-0.05, 0) is 29.8 Å². The number of nitrogens with one attached hydrogen (secondary N) is 1. The highest BCUT2D eigenvalue weighted by Crippen LogP contribution is 2.23. The molecule has 0 saturated heterocycles. The molecule has 0 radical (unpaired) electrons. The Kier molecular flexibility index (Phi) is 5.70. The lowest BCUT2D eigenvalue weighted by Gasteiger charge is -2.11. The SMILES string of the molecule is CC(Sc1nnc(Cc2cccs2)n1C)C(=O)NCc1cccs1. The van der Waals surface area contributed by atoms with E-state index in [2.05, 4.69) is 27.0 Å². The van der Waals surface area contributed by atoms with Crippen LogP contribution in [0.5, 0.6) is 0 Å². The van der Waals surface area contributed by atoms with Gasteiger partial charge in [0.1, 0.15) is 5.82 Å². The summed E-state index contributed by atoms with van der Waals surface area (Å²) >= 11 is 4.78. The van der Waals surface area contributed by atoms with E-state index < -0.39 is 0 Å². The Labute approximate surface area is 153 Å². The van der Waals surface area contributed by atoms with Crippen LogP contribution in [0.1, 0.15) is 22.5 Å². The van der Waals surface area contributed by atoms with Gasteiger partial charge in [0.05, 0.1) is 11.8 Å². The molecule has 0 spiro atoms. The van der Waals surface area contributed by atoms with Crippen molar-refractivity contribution in [3.8, 4) is 0 Å². The van der Waals surface area contributed by atoms with Crippen molar-refractivity contribution in [3.05, 3.63) is 50.6 Å². The molecule has 5 nitrogen and oxygen atoms in total. The topological polar surface area (TPSA) is 59.8 Å². The molecule has 0 aliphatic heterocycles. The van der Waals surface area contributed by atoms with Crippen LogP contribution in [0.4, 0.5) is 0 Å². The third-order valence-electron chi connectivity index (χ3n) is 3.51. The van der Waals surface area contributed by atoms with Crippen molar-refractivity contribution >= 4 is 40.3 Å². The summed E-state index contributed by atoms with van der Waals surface area (Å²) in [5, 5.41) is 16.1. The number of hydrogen-bond acceptors (Lipinski definition) is 6. The third-order valence-corrected chi connectivity index (χ3v) is 6.39. The molecule has 1 amide bonds. The van der Waals surface area contributed by atoms with Crippen LogP contribution in [0.15, 0.2) is 40.2 Å². The number of nitrogens with zero attached hydrogens (tertiary/aromatic N) is 3. The van der Waals surface area contributed by atoms with Crippen LogP contribution < -0.4 is 5.32 Å². The Morgan fingerprint density at radius 1 is 1.25 bits per heavy atom. The second-order valence-electron chi connectivity index (χ2n) is 5.27. The first-order valence-electron chi connectivity index (χ1n) is 7.51. The van der Waals surface area contributed by atoms with Crippen LogP contribution in [-0.2, 0) is 24.8 Å². The number of carbonyl (C=O) groups excluding carboxylic acids is 1. The van der Waals surface area contributed by atoms with Crippen LogP contribution in [-0.4, -0.2) is 25.9 Å². The van der Waals surface area contributed by atoms with Gasteiger partial charge in [0.15, 0.2) is 5.16 Å². The second kappa shape index (κ2) is 7.96. The quantitative estimate of drug-likeness (QED) is 0.641. The Morgan fingerprint density at radius 2 is 1.96 bits per heavy atom. The molecular formula is C16H18N4OS3. The van der Waals surface area contributed by atoms with Crippen molar-refractivity contribution < 1.29 is 4.79 Å². The van der Waals surface area contributed by atoms with Crippen molar-refractivity contribution in [2.75, 3.05) is 0 Å². The van der Waals surface area contributed by atoms with E-state index in [1.807, 2.05) is 42.1 Å². The molecule has 1 unspecified atom stereocenters. The van der Waals surface area contributed by atoms with Crippen LogP contribution in [0.3, 0.4) is 0 Å². The van der Waals surface area contributed by atoms with Gasteiger partial charge in [-0.15, -0.1) is 32.9 Å². The fraction of sp³-hybridized carbons (Fsp3) is 0.312. The molecule has 0 aliphatic rings. The van der Waals surface area contributed by atoms with E-state index in [4.69, 9.17) is 0 Å². The highest BCUT2D eigenvalue weighted by Gasteiger charge is 2.19. The fourth-order valence-corrected chi connectivity index (χ4v) is 4.32. The molecule has 0 fully saturated rings. The summed E-state index contributed by atoms with van der Waals surface area (Å²) in [5.41, 5.74) is 0. The number of carbonyl (C=O) groups is 1. The van der Waals surface area contributed by atoms with E-state index in [1.165, 1.54) is 16.6 Å². The predicted molar refractivity (Wildman–Crippen MR) is 99.6 cm³/mol.